The molecule has 0 bridgehead atoms. The van der Waals surface area contributed by atoms with Crippen LogP contribution in [-0.4, -0.2) is 35.2 Å². The van der Waals surface area contributed by atoms with Crippen LogP contribution in [0.2, 0.25) is 0 Å². The number of nitrogens with zero attached hydrogens (tertiary/aromatic N) is 1. The molecule has 0 heterocycles. The molecule has 0 aromatic rings. The fourth-order valence-corrected chi connectivity index (χ4v) is 3.12. The van der Waals surface area contributed by atoms with E-state index in [1.54, 1.807) is 0 Å². The van der Waals surface area contributed by atoms with Crippen molar-refractivity contribution in [2.24, 2.45) is 11.3 Å². The number of unbranched alkanes of at least 4 members (excludes halogenated alkanes) is 2. The Labute approximate surface area is 114 Å². The SMILES string of the molecule is CCCCCN(CC1CCC(C)(C)C1O)C(C)C. The molecule has 0 aromatic heterocycles. The van der Waals surface area contributed by atoms with Gasteiger partial charge in [-0.3, -0.25) is 0 Å². The summed E-state index contributed by atoms with van der Waals surface area (Å²) in [6, 6.07) is 0.595. The lowest BCUT2D eigenvalue weighted by atomic mass is 9.87. The Morgan fingerprint density at radius 3 is 2.39 bits per heavy atom. The molecule has 18 heavy (non-hydrogen) atoms. The highest BCUT2D eigenvalue weighted by molar-refractivity contribution is 4.92. The van der Waals surface area contributed by atoms with Gasteiger partial charge in [0.25, 0.3) is 0 Å². The van der Waals surface area contributed by atoms with Crippen molar-refractivity contribution in [2.45, 2.75) is 78.9 Å². The van der Waals surface area contributed by atoms with Gasteiger partial charge in [0.15, 0.2) is 0 Å². The van der Waals surface area contributed by atoms with E-state index in [4.69, 9.17) is 0 Å². The summed E-state index contributed by atoms with van der Waals surface area (Å²) in [5.74, 6) is 0.476. The Morgan fingerprint density at radius 1 is 1.28 bits per heavy atom. The number of aliphatic hydroxyl groups is 1. The Bertz CT molecular complexity index is 237. The molecule has 1 aliphatic carbocycles. The third-order valence-corrected chi connectivity index (χ3v) is 4.65. The number of hydrogen-bond acceptors (Lipinski definition) is 2. The molecule has 0 saturated heterocycles. The number of hydrogen-bond donors (Lipinski definition) is 1. The minimum absolute atomic E-state index is 0.120. The fourth-order valence-electron chi connectivity index (χ4n) is 3.12. The van der Waals surface area contributed by atoms with Crippen molar-refractivity contribution in [3.63, 3.8) is 0 Å². The first-order chi connectivity index (χ1) is 8.38. The quantitative estimate of drug-likeness (QED) is 0.701. The van der Waals surface area contributed by atoms with Gasteiger partial charge in [0, 0.05) is 12.6 Å². The Balaban J connectivity index is 2.46. The van der Waals surface area contributed by atoms with Gasteiger partial charge in [0.1, 0.15) is 0 Å². The van der Waals surface area contributed by atoms with Crippen LogP contribution in [0.3, 0.4) is 0 Å². The largest absolute Gasteiger partial charge is 0.392 e. The van der Waals surface area contributed by atoms with E-state index in [9.17, 15) is 5.11 Å². The molecule has 2 atom stereocenters. The molecule has 108 valence electrons. The summed E-state index contributed by atoms with van der Waals surface area (Å²) in [6.07, 6.45) is 6.13. The summed E-state index contributed by atoms with van der Waals surface area (Å²) < 4.78 is 0. The number of aliphatic hydroxyl groups excluding tert-OH is 1. The molecule has 0 aromatic carbocycles. The summed E-state index contributed by atoms with van der Waals surface area (Å²) in [5, 5.41) is 10.4. The van der Waals surface area contributed by atoms with Crippen molar-refractivity contribution in [3.05, 3.63) is 0 Å². The molecule has 0 spiro atoms. The van der Waals surface area contributed by atoms with Crippen LogP contribution >= 0.6 is 0 Å². The first-order valence-electron chi connectivity index (χ1n) is 7.80. The molecule has 0 radical (unpaired) electrons. The van der Waals surface area contributed by atoms with Crippen molar-refractivity contribution in [2.75, 3.05) is 13.1 Å². The Kier molecular flexibility index (Phi) is 6.13. The van der Waals surface area contributed by atoms with E-state index in [-0.39, 0.29) is 11.5 Å². The van der Waals surface area contributed by atoms with Crippen LogP contribution in [0.25, 0.3) is 0 Å². The summed E-state index contributed by atoms with van der Waals surface area (Å²) in [5.41, 5.74) is 0.122. The maximum absolute atomic E-state index is 10.4. The van der Waals surface area contributed by atoms with Gasteiger partial charge in [-0.25, -0.2) is 0 Å². The van der Waals surface area contributed by atoms with Gasteiger partial charge >= 0.3 is 0 Å². The van der Waals surface area contributed by atoms with E-state index in [0.29, 0.717) is 12.0 Å². The van der Waals surface area contributed by atoms with Gasteiger partial charge in [0.2, 0.25) is 0 Å². The first-order valence-corrected chi connectivity index (χ1v) is 7.80. The summed E-state index contributed by atoms with van der Waals surface area (Å²) >= 11 is 0. The van der Waals surface area contributed by atoms with Crippen LogP contribution in [0.4, 0.5) is 0 Å². The molecule has 2 heteroatoms. The predicted molar refractivity (Wildman–Crippen MR) is 78.7 cm³/mol. The highest BCUT2D eigenvalue weighted by Crippen LogP contribution is 2.41. The van der Waals surface area contributed by atoms with Gasteiger partial charge < -0.3 is 10.0 Å². The van der Waals surface area contributed by atoms with Crippen molar-refractivity contribution in [3.8, 4) is 0 Å². The second-order valence-corrected chi connectivity index (χ2v) is 7.03. The van der Waals surface area contributed by atoms with Crippen LogP contribution in [0.15, 0.2) is 0 Å². The van der Waals surface area contributed by atoms with Crippen LogP contribution in [-0.2, 0) is 0 Å². The molecule has 2 unspecified atom stereocenters. The zero-order chi connectivity index (χ0) is 13.8. The van der Waals surface area contributed by atoms with Gasteiger partial charge in [-0.15, -0.1) is 0 Å². The monoisotopic (exact) mass is 255 g/mol. The van der Waals surface area contributed by atoms with Crippen LogP contribution in [0.5, 0.6) is 0 Å². The van der Waals surface area contributed by atoms with Crippen molar-refractivity contribution in [1.29, 1.82) is 0 Å². The molecular weight excluding hydrogens is 222 g/mol. The lowest BCUT2D eigenvalue weighted by Crippen LogP contribution is -2.40. The van der Waals surface area contributed by atoms with Gasteiger partial charge in [0.05, 0.1) is 6.10 Å². The average Bonchev–Trinajstić information content (AvgIpc) is 2.54. The molecule has 0 amide bonds. The number of rotatable bonds is 7. The maximum atomic E-state index is 10.4. The maximum Gasteiger partial charge on any atom is 0.0631 e. The standard InChI is InChI=1S/C16H33NO/c1-6-7-8-11-17(13(2)3)12-14-9-10-16(4,5)15(14)18/h13-15,18H,6-12H2,1-5H3. The van der Waals surface area contributed by atoms with Gasteiger partial charge in [-0.2, -0.15) is 0 Å². The van der Waals surface area contributed by atoms with Crippen LogP contribution in [0.1, 0.15) is 66.7 Å². The van der Waals surface area contributed by atoms with Gasteiger partial charge in [-0.05, 0) is 51.0 Å². The zero-order valence-electron chi connectivity index (χ0n) is 13.1. The van der Waals surface area contributed by atoms with Crippen molar-refractivity contribution in [1.82, 2.24) is 4.90 Å². The summed E-state index contributed by atoms with van der Waals surface area (Å²) in [4.78, 5) is 2.56. The molecule has 2 nitrogen and oxygen atoms in total. The fraction of sp³-hybridized carbons (Fsp3) is 1.00. The Hall–Kier alpha value is -0.0800. The van der Waals surface area contributed by atoms with Crippen LogP contribution in [0, 0.1) is 11.3 Å². The van der Waals surface area contributed by atoms with E-state index in [0.717, 1.165) is 6.54 Å². The van der Waals surface area contributed by atoms with E-state index >= 15 is 0 Å². The Morgan fingerprint density at radius 2 is 1.94 bits per heavy atom. The first kappa shape index (κ1) is 16.0. The zero-order valence-corrected chi connectivity index (χ0v) is 13.1. The minimum Gasteiger partial charge on any atom is -0.392 e. The summed E-state index contributed by atoms with van der Waals surface area (Å²) in [6.45, 7) is 13.5. The van der Waals surface area contributed by atoms with E-state index in [1.165, 1.54) is 38.6 Å². The second kappa shape index (κ2) is 6.91. The molecule has 1 N–H and O–H groups in total. The lowest BCUT2D eigenvalue weighted by Gasteiger charge is -2.32. The third-order valence-electron chi connectivity index (χ3n) is 4.65. The highest BCUT2D eigenvalue weighted by Gasteiger charge is 2.41. The van der Waals surface area contributed by atoms with Crippen LogP contribution < -0.4 is 0 Å². The van der Waals surface area contributed by atoms with E-state index in [1.807, 2.05) is 0 Å². The van der Waals surface area contributed by atoms with Crippen molar-refractivity contribution < 1.29 is 5.11 Å². The average molecular weight is 255 g/mol. The second-order valence-electron chi connectivity index (χ2n) is 7.03. The predicted octanol–water partition coefficient (Wildman–Crippen LogP) is 3.68. The molecular formula is C16H33NO. The van der Waals surface area contributed by atoms with Crippen molar-refractivity contribution >= 4 is 0 Å². The van der Waals surface area contributed by atoms with Gasteiger partial charge in [-0.1, -0.05) is 33.6 Å². The molecule has 1 saturated carbocycles. The minimum atomic E-state index is -0.120. The molecule has 1 aliphatic rings. The summed E-state index contributed by atoms with van der Waals surface area (Å²) in [7, 11) is 0. The third kappa shape index (κ3) is 4.24. The molecule has 1 fully saturated rings. The highest BCUT2D eigenvalue weighted by atomic mass is 16.3. The topological polar surface area (TPSA) is 23.5 Å². The molecule has 1 rings (SSSR count). The lowest BCUT2D eigenvalue weighted by molar-refractivity contribution is 0.0282. The van der Waals surface area contributed by atoms with E-state index < -0.39 is 0 Å². The molecule has 0 aliphatic heterocycles. The normalized spacial score (nSPS) is 27.3. The smallest absolute Gasteiger partial charge is 0.0631 e. The van der Waals surface area contributed by atoms with E-state index in [2.05, 4.69) is 39.5 Å².